The van der Waals surface area contributed by atoms with Gasteiger partial charge in [-0.15, -0.1) is 0 Å². The predicted octanol–water partition coefficient (Wildman–Crippen LogP) is 4.45. The SMILES string of the molecule is O=Cc1c(O)cccc1-c1ccc(OCc2ccccc2)cc1. The van der Waals surface area contributed by atoms with Gasteiger partial charge in [0, 0.05) is 0 Å². The molecule has 0 fully saturated rings. The van der Waals surface area contributed by atoms with E-state index in [4.69, 9.17) is 4.74 Å². The highest BCUT2D eigenvalue weighted by atomic mass is 16.5. The standard InChI is InChI=1S/C20H16O3/c21-13-19-18(7-4-8-20(19)22)16-9-11-17(12-10-16)23-14-15-5-2-1-3-6-15/h1-13,22H,14H2. The van der Waals surface area contributed by atoms with Gasteiger partial charge in [0.2, 0.25) is 0 Å². The van der Waals surface area contributed by atoms with Crippen LogP contribution in [-0.4, -0.2) is 11.4 Å². The molecule has 0 saturated heterocycles. The van der Waals surface area contributed by atoms with Crippen molar-refractivity contribution in [2.45, 2.75) is 6.61 Å². The number of benzene rings is 3. The number of ether oxygens (including phenoxy) is 1. The fourth-order valence-corrected chi connectivity index (χ4v) is 2.40. The zero-order valence-corrected chi connectivity index (χ0v) is 12.5. The van der Waals surface area contributed by atoms with Crippen LogP contribution < -0.4 is 4.74 Å². The minimum Gasteiger partial charge on any atom is -0.507 e. The summed E-state index contributed by atoms with van der Waals surface area (Å²) in [4.78, 5) is 11.2. The lowest BCUT2D eigenvalue weighted by atomic mass is 9.99. The molecule has 3 heteroatoms. The van der Waals surface area contributed by atoms with Crippen molar-refractivity contribution in [1.29, 1.82) is 0 Å². The quantitative estimate of drug-likeness (QED) is 0.708. The Morgan fingerprint density at radius 1 is 0.870 bits per heavy atom. The molecule has 0 heterocycles. The minimum atomic E-state index is -0.0121. The molecule has 0 aliphatic carbocycles. The van der Waals surface area contributed by atoms with E-state index in [-0.39, 0.29) is 5.75 Å². The Hall–Kier alpha value is -3.07. The van der Waals surface area contributed by atoms with Crippen molar-refractivity contribution in [3.8, 4) is 22.6 Å². The lowest BCUT2D eigenvalue weighted by Crippen LogP contribution is -1.95. The van der Waals surface area contributed by atoms with Gasteiger partial charge in [-0.3, -0.25) is 4.79 Å². The van der Waals surface area contributed by atoms with E-state index in [1.54, 1.807) is 6.07 Å². The van der Waals surface area contributed by atoms with E-state index in [0.717, 1.165) is 16.9 Å². The van der Waals surface area contributed by atoms with Crippen molar-refractivity contribution in [3.05, 3.63) is 83.9 Å². The molecule has 0 aliphatic heterocycles. The Bertz CT molecular complexity index is 793. The summed E-state index contributed by atoms with van der Waals surface area (Å²) in [6.45, 7) is 0.506. The fourth-order valence-electron chi connectivity index (χ4n) is 2.40. The summed E-state index contributed by atoms with van der Waals surface area (Å²) in [5.41, 5.74) is 2.96. The third-order valence-electron chi connectivity index (χ3n) is 3.61. The first-order valence-electron chi connectivity index (χ1n) is 7.32. The monoisotopic (exact) mass is 304 g/mol. The Balaban J connectivity index is 1.77. The van der Waals surface area contributed by atoms with Gasteiger partial charge in [-0.1, -0.05) is 54.6 Å². The zero-order chi connectivity index (χ0) is 16.1. The second kappa shape index (κ2) is 6.79. The molecular weight excluding hydrogens is 288 g/mol. The molecule has 0 amide bonds. The van der Waals surface area contributed by atoms with Crippen LogP contribution in [0.3, 0.4) is 0 Å². The van der Waals surface area contributed by atoms with E-state index in [1.165, 1.54) is 6.07 Å². The maximum atomic E-state index is 11.2. The number of phenols is 1. The molecule has 3 rings (SSSR count). The van der Waals surface area contributed by atoms with Crippen LogP contribution in [0.5, 0.6) is 11.5 Å². The second-order valence-electron chi connectivity index (χ2n) is 5.15. The zero-order valence-electron chi connectivity index (χ0n) is 12.5. The molecule has 0 atom stereocenters. The Labute approximate surface area is 134 Å². The fraction of sp³-hybridized carbons (Fsp3) is 0.0500. The summed E-state index contributed by atoms with van der Waals surface area (Å²) in [7, 11) is 0. The van der Waals surface area contributed by atoms with Gasteiger partial charge in [0.1, 0.15) is 18.1 Å². The van der Waals surface area contributed by atoms with Crippen molar-refractivity contribution in [2.75, 3.05) is 0 Å². The van der Waals surface area contributed by atoms with Crippen LogP contribution in [0.15, 0.2) is 72.8 Å². The Morgan fingerprint density at radius 2 is 1.61 bits per heavy atom. The van der Waals surface area contributed by atoms with Crippen LogP contribution >= 0.6 is 0 Å². The average Bonchev–Trinajstić information content (AvgIpc) is 2.61. The van der Waals surface area contributed by atoms with Gasteiger partial charge in [-0.25, -0.2) is 0 Å². The number of phenolic OH excluding ortho intramolecular Hbond substituents is 1. The molecule has 0 spiro atoms. The van der Waals surface area contributed by atoms with Crippen molar-refractivity contribution in [3.63, 3.8) is 0 Å². The second-order valence-corrected chi connectivity index (χ2v) is 5.15. The summed E-state index contributed by atoms with van der Waals surface area (Å²) >= 11 is 0. The number of aromatic hydroxyl groups is 1. The number of carbonyl (C=O) groups excluding carboxylic acids is 1. The number of hydrogen-bond acceptors (Lipinski definition) is 3. The van der Waals surface area contributed by atoms with E-state index in [1.807, 2.05) is 60.7 Å². The molecule has 0 radical (unpaired) electrons. The molecule has 3 nitrogen and oxygen atoms in total. The number of aldehydes is 1. The molecule has 0 unspecified atom stereocenters. The van der Waals surface area contributed by atoms with Crippen LogP contribution in [0.1, 0.15) is 15.9 Å². The molecule has 0 aliphatic rings. The molecule has 114 valence electrons. The number of rotatable bonds is 5. The van der Waals surface area contributed by atoms with Crippen LogP contribution in [-0.2, 0) is 6.61 Å². The molecule has 0 aromatic heterocycles. The third kappa shape index (κ3) is 3.40. The summed E-state index contributed by atoms with van der Waals surface area (Å²) in [6, 6.07) is 22.5. The third-order valence-corrected chi connectivity index (χ3v) is 3.61. The maximum Gasteiger partial charge on any atom is 0.154 e. The molecule has 0 bridgehead atoms. The van der Waals surface area contributed by atoms with Crippen LogP contribution in [0.4, 0.5) is 0 Å². The molecule has 1 N–H and O–H groups in total. The highest BCUT2D eigenvalue weighted by Gasteiger charge is 2.08. The van der Waals surface area contributed by atoms with Crippen molar-refractivity contribution in [1.82, 2.24) is 0 Å². The van der Waals surface area contributed by atoms with Crippen molar-refractivity contribution >= 4 is 6.29 Å². The molecular formula is C20H16O3. The van der Waals surface area contributed by atoms with Gasteiger partial charge in [0.15, 0.2) is 6.29 Å². The molecule has 3 aromatic carbocycles. The minimum absolute atomic E-state index is 0.0121. The van der Waals surface area contributed by atoms with Crippen molar-refractivity contribution < 1.29 is 14.6 Å². The maximum absolute atomic E-state index is 11.2. The summed E-state index contributed by atoms with van der Waals surface area (Å²) in [6.07, 6.45) is 0.671. The lowest BCUT2D eigenvalue weighted by Gasteiger charge is -2.09. The van der Waals surface area contributed by atoms with Crippen molar-refractivity contribution in [2.24, 2.45) is 0 Å². The largest absolute Gasteiger partial charge is 0.507 e. The summed E-state index contributed by atoms with van der Waals surface area (Å²) < 4.78 is 5.74. The first-order valence-corrected chi connectivity index (χ1v) is 7.32. The first kappa shape index (κ1) is 14.9. The lowest BCUT2D eigenvalue weighted by molar-refractivity contribution is 0.112. The first-order chi connectivity index (χ1) is 11.3. The van der Waals surface area contributed by atoms with Gasteiger partial charge in [0.05, 0.1) is 5.56 Å². The topological polar surface area (TPSA) is 46.5 Å². The Kier molecular flexibility index (Phi) is 4.39. The molecule has 23 heavy (non-hydrogen) atoms. The average molecular weight is 304 g/mol. The van der Waals surface area contributed by atoms with Gasteiger partial charge in [-0.2, -0.15) is 0 Å². The Morgan fingerprint density at radius 3 is 2.30 bits per heavy atom. The van der Waals surface area contributed by atoms with Gasteiger partial charge < -0.3 is 9.84 Å². The predicted molar refractivity (Wildman–Crippen MR) is 89.7 cm³/mol. The normalized spacial score (nSPS) is 10.3. The van der Waals surface area contributed by atoms with E-state index >= 15 is 0 Å². The van der Waals surface area contributed by atoms with Crippen LogP contribution in [0, 0.1) is 0 Å². The van der Waals surface area contributed by atoms with E-state index in [9.17, 15) is 9.90 Å². The highest BCUT2D eigenvalue weighted by Crippen LogP contribution is 2.29. The van der Waals surface area contributed by atoms with Gasteiger partial charge >= 0.3 is 0 Å². The van der Waals surface area contributed by atoms with E-state index in [0.29, 0.717) is 24.0 Å². The number of hydrogen-bond donors (Lipinski definition) is 1. The van der Waals surface area contributed by atoms with Crippen LogP contribution in [0.25, 0.3) is 11.1 Å². The summed E-state index contributed by atoms with van der Waals surface area (Å²) in [5.74, 6) is 0.743. The van der Waals surface area contributed by atoms with E-state index in [2.05, 4.69) is 0 Å². The molecule has 3 aromatic rings. The van der Waals surface area contributed by atoms with Gasteiger partial charge in [0.25, 0.3) is 0 Å². The van der Waals surface area contributed by atoms with Gasteiger partial charge in [-0.05, 0) is 34.9 Å². The summed E-state index contributed by atoms with van der Waals surface area (Å²) in [5, 5.41) is 9.76. The van der Waals surface area contributed by atoms with Crippen LogP contribution in [0.2, 0.25) is 0 Å². The number of carbonyl (C=O) groups is 1. The molecule has 0 saturated carbocycles. The highest BCUT2D eigenvalue weighted by molar-refractivity contribution is 5.90. The van der Waals surface area contributed by atoms with E-state index < -0.39 is 0 Å². The smallest absolute Gasteiger partial charge is 0.154 e.